The van der Waals surface area contributed by atoms with Crippen LogP contribution >= 0.6 is 11.6 Å². The lowest BCUT2D eigenvalue weighted by Gasteiger charge is -2.17. The summed E-state index contributed by atoms with van der Waals surface area (Å²) >= 11 is 6.28. The first-order chi connectivity index (χ1) is 12.0. The van der Waals surface area contributed by atoms with Gasteiger partial charge >= 0.3 is 0 Å². The third-order valence-corrected chi connectivity index (χ3v) is 4.39. The second-order valence-corrected chi connectivity index (χ2v) is 6.46. The van der Waals surface area contributed by atoms with Crippen molar-refractivity contribution in [2.75, 3.05) is 16.8 Å². The fraction of sp³-hybridized carbons (Fsp3) is 0.200. The van der Waals surface area contributed by atoms with Crippen LogP contribution in [-0.4, -0.2) is 18.4 Å². The summed E-state index contributed by atoms with van der Waals surface area (Å²) in [6.07, 6.45) is 4.64. The highest BCUT2D eigenvalue weighted by Crippen LogP contribution is 2.31. The molecule has 0 atom stereocenters. The Bertz CT molecular complexity index is 828. The summed E-state index contributed by atoms with van der Waals surface area (Å²) in [6.45, 7) is 2.70. The molecule has 0 aliphatic carbocycles. The van der Waals surface area contributed by atoms with Gasteiger partial charge in [-0.05, 0) is 43.2 Å². The lowest BCUT2D eigenvalue weighted by molar-refractivity contribution is -0.117. The van der Waals surface area contributed by atoms with E-state index in [4.69, 9.17) is 11.6 Å². The lowest BCUT2D eigenvalue weighted by atomic mass is 10.1. The van der Waals surface area contributed by atoms with Crippen LogP contribution in [-0.2, 0) is 9.59 Å². The van der Waals surface area contributed by atoms with Crippen LogP contribution < -0.4 is 10.2 Å². The van der Waals surface area contributed by atoms with E-state index in [0.717, 1.165) is 12.0 Å². The minimum atomic E-state index is -0.235. The molecule has 25 heavy (non-hydrogen) atoms. The van der Waals surface area contributed by atoms with Crippen molar-refractivity contribution in [1.82, 2.24) is 0 Å². The van der Waals surface area contributed by atoms with Gasteiger partial charge in [0, 0.05) is 24.7 Å². The van der Waals surface area contributed by atoms with E-state index in [1.165, 1.54) is 11.6 Å². The first-order valence-electron chi connectivity index (χ1n) is 8.18. The molecule has 1 aliphatic heterocycles. The number of nitrogens with zero attached hydrogens (tertiary/aromatic N) is 1. The van der Waals surface area contributed by atoms with E-state index >= 15 is 0 Å². The highest BCUT2D eigenvalue weighted by atomic mass is 35.5. The molecule has 2 amide bonds. The fourth-order valence-electron chi connectivity index (χ4n) is 2.74. The largest absolute Gasteiger partial charge is 0.322 e. The quantitative estimate of drug-likeness (QED) is 0.826. The maximum atomic E-state index is 12.1. The number of carbonyl (C=O) groups is 2. The molecule has 1 saturated heterocycles. The molecule has 1 N–H and O–H groups in total. The van der Waals surface area contributed by atoms with Crippen LogP contribution in [0.25, 0.3) is 6.08 Å². The monoisotopic (exact) mass is 354 g/mol. The summed E-state index contributed by atoms with van der Waals surface area (Å²) in [7, 11) is 0. The van der Waals surface area contributed by atoms with Crippen molar-refractivity contribution in [1.29, 1.82) is 0 Å². The van der Waals surface area contributed by atoms with E-state index in [1.807, 2.05) is 31.2 Å². The van der Waals surface area contributed by atoms with Crippen molar-refractivity contribution in [3.05, 3.63) is 64.7 Å². The van der Waals surface area contributed by atoms with E-state index in [1.54, 1.807) is 29.2 Å². The van der Waals surface area contributed by atoms with Crippen LogP contribution in [0.3, 0.4) is 0 Å². The van der Waals surface area contributed by atoms with Crippen molar-refractivity contribution in [2.24, 2.45) is 0 Å². The minimum Gasteiger partial charge on any atom is -0.322 e. The zero-order valence-electron chi connectivity index (χ0n) is 14.0. The molecular weight excluding hydrogens is 336 g/mol. The SMILES string of the molecule is Cc1ccc(/C=C/C(=O)Nc2ccc(N3CCCC3=O)c(Cl)c2)cc1. The van der Waals surface area contributed by atoms with Gasteiger partial charge in [-0.2, -0.15) is 0 Å². The number of nitrogens with one attached hydrogen (secondary N) is 1. The molecule has 0 radical (unpaired) electrons. The second kappa shape index (κ2) is 7.53. The van der Waals surface area contributed by atoms with Crippen molar-refractivity contribution >= 4 is 40.9 Å². The van der Waals surface area contributed by atoms with Gasteiger partial charge in [-0.1, -0.05) is 41.4 Å². The van der Waals surface area contributed by atoms with Crippen LogP contribution in [0, 0.1) is 6.92 Å². The van der Waals surface area contributed by atoms with Crippen molar-refractivity contribution < 1.29 is 9.59 Å². The number of amides is 2. The second-order valence-electron chi connectivity index (χ2n) is 6.05. The molecule has 0 aromatic heterocycles. The molecule has 2 aromatic rings. The molecule has 0 bridgehead atoms. The number of carbonyl (C=O) groups excluding carboxylic acids is 2. The molecule has 2 aromatic carbocycles. The summed E-state index contributed by atoms with van der Waals surface area (Å²) < 4.78 is 0. The number of hydrogen-bond acceptors (Lipinski definition) is 2. The summed E-state index contributed by atoms with van der Waals surface area (Å²) in [5.41, 5.74) is 3.42. The predicted molar refractivity (Wildman–Crippen MR) is 102 cm³/mol. The molecule has 1 fully saturated rings. The Morgan fingerprint density at radius 3 is 2.60 bits per heavy atom. The Morgan fingerprint density at radius 2 is 1.96 bits per heavy atom. The summed E-state index contributed by atoms with van der Waals surface area (Å²) in [4.78, 5) is 25.6. The van der Waals surface area contributed by atoms with Crippen LogP contribution in [0.5, 0.6) is 0 Å². The van der Waals surface area contributed by atoms with Gasteiger partial charge in [0.1, 0.15) is 0 Å². The number of aryl methyl sites for hydroxylation is 1. The van der Waals surface area contributed by atoms with E-state index in [2.05, 4.69) is 5.32 Å². The number of halogens is 1. The predicted octanol–water partition coefficient (Wildman–Crippen LogP) is 4.43. The Labute approximate surface area is 152 Å². The van der Waals surface area contributed by atoms with E-state index in [-0.39, 0.29) is 11.8 Å². The zero-order valence-corrected chi connectivity index (χ0v) is 14.7. The molecule has 3 rings (SSSR count). The average Bonchev–Trinajstić information content (AvgIpc) is 3.00. The molecule has 0 spiro atoms. The van der Waals surface area contributed by atoms with Crippen molar-refractivity contribution in [2.45, 2.75) is 19.8 Å². The molecule has 0 saturated carbocycles. The van der Waals surface area contributed by atoms with Gasteiger partial charge < -0.3 is 10.2 Å². The van der Waals surface area contributed by atoms with E-state index in [9.17, 15) is 9.59 Å². The number of hydrogen-bond donors (Lipinski definition) is 1. The Morgan fingerprint density at radius 1 is 1.20 bits per heavy atom. The van der Waals surface area contributed by atoms with Crippen LogP contribution in [0.1, 0.15) is 24.0 Å². The van der Waals surface area contributed by atoms with E-state index in [0.29, 0.717) is 29.4 Å². The van der Waals surface area contributed by atoms with Crippen LogP contribution in [0.2, 0.25) is 5.02 Å². The summed E-state index contributed by atoms with van der Waals surface area (Å²) in [5.74, 6) is -0.152. The Hall–Kier alpha value is -2.59. The third-order valence-electron chi connectivity index (χ3n) is 4.08. The number of benzene rings is 2. The van der Waals surface area contributed by atoms with Crippen molar-refractivity contribution in [3.63, 3.8) is 0 Å². The highest BCUT2D eigenvalue weighted by molar-refractivity contribution is 6.34. The third kappa shape index (κ3) is 4.28. The van der Waals surface area contributed by atoms with Gasteiger partial charge in [-0.25, -0.2) is 0 Å². The molecule has 4 nitrogen and oxygen atoms in total. The Kier molecular flexibility index (Phi) is 5.19. The Balaban J connectivity index is 1.66. The van der Waals surface area contributed by atoms with Gasteiger partial charge in [0.15, 0.2) is 0 Å². The summed E-state index contributed by atoms with van der Waals surface area (Å²) in [5, 5.41) is 3.23. The average molecular weight is 355 g/mol. The minimum absolute atomic E-state index is 0.0831. The zero-order chi connectivity index (χ0) is 17.8. The lowest BCUT2D eigenvalue weighted by Crippen LogP contribution is -2.24. The van der Waals surface area contributed by atoms with Gasteiger partial charge in [0.05, 0.1) is 10.7 Å². The highest BCUT2D eigenvalue weighted by Gasteiger charge is 2.23. The first kappa shape index (κ1) is 17.2. The van der Waals surface area contributed by atoms with E-state index < -0.39 is 0 Å². The smallest absolute Gasteiger partial charge is 0.248 e. The van der Waals surface area contributed by atoms with Gasteiger partial charge in [0.2, 0.25) is 11.8 Å². The maximum absolute atomic E-state index is 12.1. The first-order valence-corrected chi connectivity index (χ1v) is 8.56. The number of rotatable bonds is 4. The summed E-state index contributed by atoms with van der Waals surface area (Å²) in [6, 6.07) is 13.1. The van der Waals surface area contributed by atoms with Crippen LogP contribution in [0.15, 0.2) is 48.5 Å². The fourth-order valence-corrected chi connectivity index (χ4v) is 3.02. The van der Waals surface area contributed by atoms with Gasteiger partial charge in [0.25, 0.3) is 0 Å². The maximum Gasteiger partial charge on any atom is 0.248 e. The topological polar surface area (TPSA) is 49.4 Å². The standard InChI is InChI=1S/C20H19ClN2O2/c1-14-4-6-15(7-5-14)8-11-19(24)22-16-9-10-18(17(21)13-16)23-12-2-3-20(23)25/h4-11,13H,2-3,12H2,1H3,(H,22,24)/b11-8+. The number of anilines is 2. The van der Waals surface area contributed by atoms with Crippen molar-refractivity contribution in [3.8, 4) is 0 Å². The molecule has 128 valence electrons. The van der Waals surface area contributed by atoms with Gasteiger partial charge in [-0.3, -0.25) is 9.59 Å². The normalized spacial score (nSPS) is 14.3. The molecular formula is C20H19ClN2O2. The molecule has 5 heteroatoms. The molecule has 1 aliphatic rings. The molecule has 1 heterocycles. The van der Waals surface area contributed by atoms with Gasteiger partial charge in [-0.15, -0.1) is 0 Å². The van der Waals surface area contributed by atoms with Crippen LogP contribution in [0.4, 0.5) is 11.4 Å². The molecule has 0 unspecified atom stereocenters.